The van der Waals surface area contributed by atoms with Gasteiger partial charge < -0.3 is 15.6 Å². The van der Waals surface area contributed by atoms with Crippen molar-refractivity contribution in [3.8, 4) is 0 Å². The maximum atomic E-state index is 5.87. The third kappa shape index (κ3) is 1.97. The number of anilines is 2. The van der Waals surface area contributed by atoms with E-state index < -0.39 is 0 Å². The van der Waals surface area contributed by atoms with Crippen LogP contribution in [0.3, 0.4) is 0 Å². The van der Waals surface area contributed by atoms with Crippen molar-refractivity contribution in [2.75, 3.05) is 17.6 Å². The Balaban J connectivity index is 1.95. The van der Waals surface area contributed by atoms with E-state index in [0.717, 1.165) is 11.5 Å². The highest BCUT2D eigenvalue weighted by Gasteiger charge is 2.09. The molecular weight excluding hydrogens is 208 g/mol. The van der Waals surface area contributed by atoms with Gasteiger partial charge in [-0.25, -0.2) is 0 Å². The quantitative estimate of drug-likeness (QED) is 0.775. The van der Waals surface area contributed by atoms with Crippen LogP contribution in [-0.4, -0.2) is 26.5 Å². The number of aromatic nitrogens is 4. The van der Waals surface area contributed by atoms with Gasteiger partial charge in [0.2, 0.25) is 6.39 Å². The number of aryl methyl sites for hydroxylation is 2. The molecule has 0 saturated carbocycles. The molecule has 0 aliphatic heterocycles. The van der Waals surface area contributed by atoms with Crippen molar-refractivity contribution >= 4 is 11.5 Å². The average Bonchev–Trinajstić information content (AvgIpc) is 2.82. The number of hydrogen-bond donors (Lipinski definition) is 2. The van der Waals surface area contributed by atoms with Gasteiger partial charge in [-0.1, -0.05) is 5.16 Å². The normalized spacial score (nSPS) is 10.6. The van der Waals surface area contributed by atoms with Crippen molar-refractivity contribution < 1.29 is 4.52 Å². The Labute approximate surface area is 92.6 Å². The summed E-state index contributed by atoms with van der Waals surface area (Å²) in [5.74, 6) is 1.49. The molecule has 86 valence electrons. The van der Waals surface area contributed by atoms with Gasteiger partial charge in [-0.2, -0.15) is 10.1 Å². The fraction of sp³-hybridized carbons (Fsp3) is 0.444. The zero-order valence-electron chi connectivity index (χ0n) is 9.27. The van der Waals surface area contributed by atoms with Crippen LogP contribution in [0.1, 0.15) is 11.5 Å². The van der Waals surface area contributed by atoms with E-state index in [1.807, 2.05) is 14.0 Å². The number of nitrogens with one attached hydrogen (secondary N) is 1. The lowest BCUT2D eigenvalue weighted by Gasteiger charge is -2.05. The highest BCUT2D eigenvalue weighted by atomic mass is 16.5. The molecule has 3 N–H and O–H groups in total. The predicted octanol–water partition coefficient (Wildman–Crippen LogP) is 0.348. The van der Waals surface area contributed by atoms with Crippen molar-refractivity contribution in [3.05, 3.63) is 17.9 Å². The molecule has 0 unspecified atom stereocenters. The maximum Gasteiger partial charge on any atom is 0.213 e. The molecule has 0 fully saturated rings. The van der Waals surface area contributed by atoms with Crippen LogP contribution >= 0.6 is 0 Å². The van der Waals surface area contributed by atoms with Gasteiger partial charge in [-0.05, 0) is 6.92 Å². The van der Waals surface area contributed by atoms with E-state index in [1.165, 1.54) is 6.39 Å². The summed E-state index contributed by atoms with van der Waals surface area (Å²) < 4.78 is 6.36. The van der Waals surface area contributed by atoms with Crippen LogP contribution in [0.4, 0.5) is 11.5 Å². The molecule has 0 aliphatic rings. The van der Waals surface area contributed by atoms with Crippen molar-refractivity contribution in [2.45, 2.75) is 13.3 Å². The Morgan fingerprint density at radius 2 is 2.38 bits per heavy atom. The minimum atomic E-state index is 0.671. The topological polar surface area (TPSA) is 94.8 Å². The van der Waals surface area contributed by atoms with Crippen LogP contribution in [0.15, 0.2) is 10.9 Å². The van der Waals surface area contributed by atoms with E-state index in [1.54, 1.807) is 4.68 Å². The smallest absolute Gasteiger partial charge is 0.213 e. The first kappa shape index (κ1) is 10.5. The average molecular weight is 222 g/mol. The van der Waals surface area contributed by atoms with Crippen LogP contribution in [-0.2, 0) is 13.5 Å². The SMILES string of the molecule is Cc1nn(C)c(NCCc2ncon2)c1N. The number of nitrogens with two attached hydrogens (primary N) is 1. The van der Waals surface area contributed by atoms with Gasteiger partial charge in [0.05, 0.1) is 11.4 Å². The van der Waals surface area contributed by atoms with Crippen LogP contribution in [0, 0.1) is 6.92 Å². The monoisotopic (exact) mass is 222 g/mol. The van der Waals surface area contributed by atoms with Gasteiger partial charge >= 0.3 is 0 Å². The Bertz CT molecular complexity index is 461. The van der Waals surface area contributed by atoms with Crippen molar-refractivity contribution in [3.63, 3.8) is 0 Å². The molecule has 0 atom stereocenters. The second kappa shape index (κ2) is 4.21. The van der Waals surface area contributed by atoms with Crippen molar-refractivity contribution in [1.82, 2.24) is 19.9 Å². The van der Waals surface area contributed by atoms with Crippen LogP contribution < -0.4 is 11.1 Å². The summed E-state index contributed by atoms with van der Waals surface area (Å²) in [5.41, 5.74) is 7.37. The van der Waals surface area contributed by atoms with Crippen LogP contribution in [0.2, 0.25) is 0 Å². The molecule has 7 heteroatoms. The standard InChI is InChI=1S/C9H14N6O/c1-6-8(10)9(15(2)13-6)11-4-3-7-12-5-16-14-7/h5,11H,3-4,10H2,1-2H3. The lowest BCUT2D eigenvalue weighted by molar-refractivity contribution is 0.410. The summed E-state index contributed by atoms with van der Waals surface area (Å²) in [6, 6.07) is 0. The largest absolute Gasteiger partial charge is 0.394 e. The molecule has 2 rings (SSSR count). The molecule has 2 aromatic heterocycles. The Kier molecular flexibility index (Phi) is 2.76. The Morgan fingerprint density at radius 1 is 1.56 bits per heavy atom. The summed E-state index contributed by atoms with van der Waals surface area (Å²) in [4.78, 5) is 3.93. The molecule has 2 aromatic rings. The second-order valence-corrected chi connectivity index (χ2v) is 3.50. The van der Waals surface area contributed by atoms with Gasteiger partial charge in [0.1, 0.15) is 5.82 Å². The molecule has 0 amide bonds. The lowest BCUT2D eigenvalue weighted by atomic mass is 10.3. The van der Waals surface area contributed by atoms with Gasteiger partial charge in [-0.15, -0.1) is 0 Å². The highest BCUT2D eigenvalue weighted by Crippen LogP contribution is 2.20. The highest BCUT2D eigenvalue weighted by molar-refractivity contribution is 5.64. The molecule has 0 saturated heterocycles. The molecule has 16 heavy (non-hydrogen) atoms. The van der Waals surface area contributed by atoms with E-state index in [0.29, 0.717) is 24.5 Å². The summed E-state index contributed by atoms with van der Waals surface area (Å²) >= 11 is 0. The zero-order valence-corrected chi connectivity index (χ0v) is 9.27. The minimum absolute atomic E-state index is 0.671. The first-order chi connectivity index (χ1) is 7.68. The first-order valence-electron chi connectivity index (χ1n) is 4.96. The molecule has 0 bridgehead atoms. The summed E-state index contributed by atoms with van der Waals surface area (Å²) in [6.45, 7) is 2.56. The number of hydrogen-bond acceptors (Lipinski definition) is 6. The third-order valence-electron chi connectivity index (χ3n) is 2.32. The Hall–Kier alpha value is -2.05. The minimum Gasteiger partial charge on any atom is -0.394 e. The van der Waals surface area contributed by atoms with E-state index in [4.69, 9.17) is 5.73 Å². The van der Waals surface area contributed by atoms with Gasteiger partial charge in [0, 0.05) is 20.0 Å². The molecule has 0 spiro atoms. The van der Waals surface area contributed by atoms with E-state index in [2.05, 4.69) is 25.1 Å². The van der Waals surface area contributed by atoms with Crippen LogP contribution in [0.25, 0.3) is 0 Å². The summed E-state index contributed by atoms with van der Waals surface area (Å²) in [5, 5.41) is 11.1. The second-order valence-electron chi connectivity index (χ2n) is 3.50. The predicted molar refractivity (Wildman–Crippen MR) is 58.8 cm³/mol. The van der Waals surface area contributed by atoms with E-state index in [-0.39, 0.29) is 0 Å². The molecule has 7 nitrogen and oxygen atoms in total. The third-order valence-corrected chi connectivity index (χ3v) is 2.32. The zero-order chi connectivity index (χ0) is 11.5. The summed E-state index contributed by atoms with van der Waals surface area (Å²) in [7, 11) is 1.85. The molecule has 0 aliphatic carbocycles. The van der Waals surface area contributed by atoms with E-state index >= 15 is 0 Å². The molecule has 0 radical (unpaired) electrons. The fourth-order valence-corrected chi connectivity index (χ4v) is 1.48. The summed E-state index contributed by atoms with van der Waals surface area (Å²) in [6.07, 6.45) is 2.00. The Morgan fingerprint density at radius 3 is 2.94 bits per heavy atom. The number of nitrogen functional groups attached to an aromatic ring is 1. The van der Waals surface area contributed by atoms with Crippen LogP contribution in [0.5, 0.6) is 0 Å². The van der Waals surface area contributed by atoms with E-state index in [9.17, 15) is 0 Å². The molecule has 0 aromatic carbocycles. The number of rotatable bonds is 4. The molecular formula is C9H14N6O. The van der Waals surface area contributed by atoms with Crippen molar-refractivity contribution in [2.24, 2.45) is 7.05 Å². The lowest BCUT2D eigenvalue weighted by Crippen LogP contribution is -2.10. The van der Waals surface area contributed by atoms with Gasteiger partial charge in [0.15, 0.2) is 5.82 Å². The fourth-order valence-electron chi connectivity index (χ4n) is 1.48. The van der Waals surface area contributed by atoms with Gasteiger partial charge in [0.25, 0.3) is 0 Å². The van der Waals surface area contributed by atoms with Gasteiger partial charge in [-0.3, -0.25) is 4.68 Å². The number of nitrogens with zero attached hydrogens (tertiary/aromatic N) is 4. The first-order valence-corrected chi connectivity index (χ1v) is 4.96. The maximum absolute atomic E-state index is 5.87. The molecule has 2 heterocycles. The van der Waals surface area contributed by atoms with Crippen molar-refractivity contribution in [1.29, 1.82) is 0 Å².